The summed E-state index contributed by atoms with van der Waals surface area (Å²) < 4.78 is 16.6. The maximum absolute atomic E-state index is 12.8. The van der Waals surface area contributed by atoms with Crippen molar-refractivity contribution in [2.24, 2.45) is 0 Å². The molecule has 0 rings (SSSR count). The number of esters is 3. The molecule has 0 aromatic carbocycles. The molecule has 1 atom stereocenters. The molecule has 0 aliphatic heterocycles. The van der Waals surface area contributed by atoms with E-state index in [9.17, 15) is 14.4 Å². The van der Waals surface area contributed by atoms with Crippen LogP contribution in [0.2, 0.25) is 0 Å². The summed E-state index contributed by atoms with van der Waals surface area (Å²) in [6, 6.07) is 0. The highest BCUT2D eigenvalue weighted by molar-refractivity contribution is 5.72. The minimum absolute atomic E-state index is 0.0727. The van der Waals surface area contributed by atoms with Crippen molar-refractivity contribution in [3.05, 3.63) is 134 Å². The Hall–Kier alpha value is -4.45. The quantitative estimate of drug-likeness (QED) is 0.0262. The first-order chi connectivity index (χ1) is 35.0. The van der Waals surface area contributed by atoms with Crippen molar-refractivity contribution in [2.45, 2.75) is 245 Å². The molecule has 1 unspecified atom stereocenters. The molecule has 0 spiro atoms. The Morgan fingerprint density at radius 1 is 0.310 bits per heavy atom. The molecule has 6 nitrogen and oxygen atoms in total. The maximum Gasteiger partial charge on any atom is 0.310 e. The lowest BCUT2D eigenvalue weighted by atomic mass is 10.0. The van der Waals surface area contributed by atoms with Gasteiger partial charge in [-0.05, 0) is 96.3 Å². The SMILES string of the molecule is CC/C=C\C/C=C\C/C=C\C/C=C\C/C=C\CC(=O)OCC(COC(=O)CCCCCCCCCCCCC/C=C\CCCCCCCCCC)OC(=O)C/C=C\C/C=C\C/C=C\C/C=C\C/C=C\CC. The Labute approximate surface area is 436 Å². The summed E-state index contributed by atoms with van der Waals surface area (Å²) in [6.07, 6.45) is 82.2. The molecular formula is C65H104O6. The summed E-state index contributed by atoms with van der Waals surface area (Å²) in [6.45, 7) is 6.23. The van der Waals surface area contributed by atoms with Gasteiger partial charge < -0.3 is 14.2 Å². The van der Waals surface area contributed by atoms with Crippen molar-refractivity contribution in [3.63, 3.8) is 0 Å². The summed E-state index contributed by atoms with van der Waals surface area (Å²) in [5.74, 6) is -1.22. The van der Waals surface area contributed by atoms with E-state index in [0.717, 1.165) is 77.0 Å². The van der Waals surface area contributed by atoms with Gasteiger partial charge in [-0.2, -0.15) is 0 Å². The third-order valence-corrected chi connectivity index (χ3v) is 11.7. The minimum Gasteiger partial charge on any atom is -0.462 e. The second-order valence-corrected chi connectivity index (χ2v) is 18.5. The molecule has 6 heteroatoms. The van der Waals surface area contributed by atoms with E-state index in [1.165, 1.54) is 116 Å². The Balaban J connectivity index is 4.51. The van der Waals surface area contributed by atoms with E-state index in [1.54, 1.807) is 12.2 Å². The first-order valence-electron chi connectivity index (χ1n) is 28.7. The molecule has 0 bridgehead atoms. The lowest BCUT2D eigenvalue weighted by Gasteiger charge is -2.17. The molecular weight excluding hydrogens is 877 g/mol. The average molecular weight is 982 g/mol. The zero-order chi connectivity index (χ0) is 51.4. The van der Waals surface area contributed by atoms with E-state index in [1.807, 2.05) is 12.2 Å². The standard InChI is InChI=1S/C65H104O6/c1-4-7-10-13-16-19-22-25-28-29-30-31-32-33-34-35-38-40-43-46-49-52-55-58-64(67)70-61-62(71-65(68)59-56-53-50-47-44-41-37-27-24-21-18-15-12-9-6-3)60-69-63(66)57-54-51-48-45-42-39-36-26-23-20-17-14-11-8-5-2/h8-9,11-12,17-18,20-21,26-27,29-30,36-37,42,44-45,47,51,53-54,56,62H,4-7,10,13-16,19,22-25,28,31-35,38-41,43,46,48-50,52,55,57-61H2,1-3H3/b11-8-,12-9-,20-17-,21-18-,30-29-,36-26-,37-27-,45-42-,47-44-,54-51-,56-53-. The van der Waals surface area contributed by atoms with Crippen LogP contribution in [0, 0.1) is 0 Å². The highest BCUT2D eigenvalue weighted by Crippen LogP contribution is 2.14. The van der Waals surface area contributed by atoms with E-state index in [0.29, 0.717) is 12.8 Å². The van der Waals surface area contributed by atoms with Gasteiger partial charge in [-0.25, -0.2) is 0 Å². The Bertz CT molecular complexity index is 1550. The fourth-order valence-corrected chi connectivity index (χ4v) is 7.47. The average Bonchev–Trinajstić information content (AvgIpc) is 3.37. The van der Waals surface area contributed by atoms with Crippen LogP contribution < -0.4 is 0 Å². The smallest absolute Gasteiger partial charge is 0.310 e. The molecule has 0 aromatic heterocycles. The fraction of sp³-hybridized carbons (Fsp3) is 0.615. The summed E-state index contributed by atoms with van der Waals surface area (Å²) in [7, 11) is 0. The van der Waals surface area contributed by atoms with Gasteiger partial charge in [0.2, 0.25) is 0 Å². The van der Waals surface area contributed by atoms with Crippen LogP contribution >= 0.6 is 0 Å². The van der Waals surface area contributed by atoms with E-state index >= 15 is 0 Å². The molecule has 0 amide bonds. The van der Waals surface area contributed by atoms with Crippen LogP contribution in [0.5, 0.6) is 0 Å². The lowest BCUT2D eigenvalue weighted by Crippen LogP contribution is -2.30. The highest BCUT2D eigenvalue weighted by Gasteiger charge is 2.19. The zero-order valence-corrected chi connectivity index (χ0v) is 45.7. The van der Waals surface area contributed by atoms with Gasteiger partial charge in [0.15, 0.2) is 6.10 Å². The van der Waals surface area contributed by atoms with Crippen LogP contribution in [-0.4, -0.2) is 37.2 Å². The topological polar surface area (TPSA) is 78.9 Å². The van der Waals surface area contributed by atoms with Gasteiger partial charge in [-0.15, -0.1) is 0 Å². The van der Waals surface area contributed by atoms with Crippen molar-refractivity contribution < 1.29 is 28.6 Å². The van der Waals surface area contributed by atoms with E-state index in [4.69, 9.17) is 14.2 Å². The molecule has 0 aliphatic carbocycles. The molecule has 400 valence electrons. The molecule has 0 heterocycles. The number of carbonyl (C=O) groups is 3. The van der Waals surface area contributed by atoms with E-state index in [2.05, 4.69) is 130 Å². The van der Waals surface area contributed by atoms with Crippen LogP contribution in [0.25, 0.3) is 0 Å². The third-order valence-electron chi connectivity index (χ3n) is 11.7. The first kappa shape index (κ1) is 66.6. The summed E-state index contributed by atoms with van der Waals surface area (Å²) >= 11 is 0. The third kappa shape index (κ3) is 56.3. The van der Waals surface area contributed by atoms with Gasteiger partial charge in [-0.1, -0.05) is 257 Å². The predicted octanol–water partition coefficient (Wildman–Crippen LogP) is 19.4. The second kappa shape index (κ2) is 58.1. The monoisotopic (exact) mass is 981 g/mol. The van der Waals surface area contributed by atoms with Gasteiger partial charge in [0.05, 0.1) is 12.8 Å². The van der Waals surface area contributed by atoms with Crippen LogP contribution in [0.15, 0.2) is 134 Å². The number of unbranched alkanes of at least 4 members (excludes halogenated alkanes) is 19. The predicted molar refractivity (Wildman–Crippen MR) is 306 cm³/mol. The van der Waals surface area contributed by atoms with Gasteiger partial charge in [0, 0.05) is 6.42 Å². The molecule has 71 heavy (non-hydrogen) atoms. The van der Waals surface area contributed by atoms with Gasteiger partial charge in [0.1, 0.15) is 13.2 Å². The normalized spacial score (nSPS) is 13.1. The van der Waals surface area contributed by atoms with Gasteiger partial charge >= 0.3 is 17.9 Å². The van der Waals surface area contributed by atoms with Gasteiger partial charge in [0.25, 0.3) is 0 Å². The summed E-state index contributed by atoms with van der Waals surface area (Å²) in [5, 5.41) is 0. The highest BCUT2D eigenvalue weighted by atomic mass is 16.6. The van der Waals surface area contributed by atoms with Crippen LogP contribution in [0.4, 0.5) is 0 Å². The number of rotatable bonds is 50. The van der Waals surface area contributed by atoms with Crippen molar-refractivity contribution >= 4 is 17.9 Å². The minimum atomic E-state index is -0.877. The molecule has 0 N–H and O–H groups in total. The van der Waals surface area contributed by atoms with Crippen LogP contribution in [0.3, 0.4) is 0 Å². The van der Waals surface area contributed by atoms with E-state index < -0.39 is 18.0 Å². The molecule has 0 aliphatic rings. The number of hydrogen-bond donors (Lipinski definition) is 0. The number of ether oxygens (including phenoxy) is 3. The number of carbonyl (C=O) groups excluding carboxylic acids is 3. The molecule has 0 saturated carbocycles. The lowest BCUT2D eigenvalue weighted by molar-refractivity contribution is -0.166. The largest absolute Gasteiger partial charge is 0.462 e. The molecule has 0 aromatic rings. The fourth-order valence-electron chi connectivity index (χ4n) is 7.47. The van der Waals surface area contributed by atoms with E-state index in [-0.39, 0.29) is 32.0 Å². The van der Waals surface area contributed by atoms with Crippen molar-refractivity contribution in [2.75, 3.05) is 13.2 Å². The molecule has 0 saturated heterocycles. The van der Waals surface area contributed by atoms with Crippen LogP contribution in [-0.2, 0) is 28.6 Å². The number of allylic oxidation sites excluding steroid dienone is 20. The van der Waals surface area contributed by atoms with Crippen molar-refractivity contribution in [3.8, 4) is 0 Å². The molecule has 0 fully saturated rings. The van der Waals surface area contributed by atoms with Crippen LogP contribution in [0.1, 0.15) is 239 Å². The van der Waals surface area contributed by atoms with Crippen molar-refractivity contribution in [1.82, 2.24) is 0 Å². The molecule has 0 radical (unpaired) electrons. The summed E-state index contributed by atoms with van der Waals surface area (Å²) in [4.78, 5) is 38.0. The Morgan fingerprint density at radius 2 is 0.606 bits per heavy atom. The Morgan fingerprint density at radius 3 is 0.972 bits per heavy atom. The van der Waals surface area contributed by atoms with Gasteiger partial charge in [-0.3, -0.25) is 14.4 Å². The summed E-state index contributed by atoms with van der Waals surface area (Å²) in [5.41, 5.74) is 0. The van der Waals surface area contributed by atoms with Crippen molar-refractivity contribution in [1.29, 1.82) is 0 Å². The Kier molecular flexibility index (Phi) is 54.5. The maximum atomic E-state index is 12.8. The number of hydrogen-bond acceptors (Lipinski definition) is 6. The first-order valence-corrected chi connectivity index (χ1v) is 28.7. The zero-order valence-electron chi connectivity index (χ0n) is 45.7. The second-order valence-electron chi connectivity index (χ2n) is 18.5.